The molecule has 2 N–H and O–H groups in total. The van der Waals surface area contributed by atoms with Gasteiger partial charge in [-0.05, 0) is 38.5 Å². The van der Waals surface area contributed by atoms with Crippen molar-refractivity contribution in [1.82, 2.24) is 20.8 Å². The number of benzene rings is 1. The Balaban J connectivity index is 1.83. The van der Waals surface area contributed by atoms with E-state index < -0.39 is 0 Å². The number of rotatable bonds is 4. The van der Waals surface area contributed by atoms with E-state index in [1.54, 1.807) is 24.3 Å². The number of carbonyl (C=O) groups excluding carboxylic acids is 2. The summed E-state index contributed by atoms with van der Waals surface area (Å²) in [5, 5.41) is 0.551. The fraction of sp³-hybridized carbons (Fsp3) is 0.250. The minimum absolute atomic E-state index is 0.122. The lowest BCUT2D eigenvalue weighted by atomic mass is 10.2. The Labute approximate surface area is 139 Å². The second-order valence-electron chi connectivity index (χ2n) is 4.96. The molecule has 0 aliphatic rings. The molecule has 2 aromatic rings. The fourth-order valence-electron chi connectivity index (χ4n) is 1.76. The van der Waals surface area contributed by atoms with Gasteiger partial charge < -0.3 is 0 Å². The van der Waals surface area contributed by atoms with E-state index in [9.17, 15) is 9.59 Å². The third-order valence-corrected chi connectivity index (χ3v) is 4.14. The molecule has 0 spiro atoms. The van der Waals surface area contributed by atoms with Gasteiger partial charge in [-0.25, -0.2) is 9.97 Å². The summed E-state index contributed by atoms with van der Waals surface area (Å²) in [5.41, 5.74) is 8.08. The van der Waals surface area contributed by atoms with Gasteiger partial charge >= 0.3 is 0 Å². The molecule has 0 saturated heterocycles. The zero-order chi connectivity index (χ0) is 16.8. The van der Waals surface area contributed by atoms with Crippen LogP contribution in [0.15, 0.2) is 35.5 Å². The topological polar surface area (TPSA) is 84.0 Å². The van der Waals surface area contributed by atoms with E-state index in [-0.39, 0.29) is 17.6 Å². The molecule has 7 heteroatoms. The van der Waals surface area contributed by atoms with E-state index in [4.69, 9.17) is 0 Å². The minimum atomic E-state index is -0.359. The molecule has 0 unspecified atom stereocenters. The Hall–Kier alpha value is -2.41. The average Bonchev–Trinajstić information content (AvgIpc) is 2.56. The highest BCUT2D eigenvalue weighted by atomic mass is 32.2. The molecule has 120 valence electrons. The molecule has 2 amide bonds. The zero-order valence-corrected chi connectivity index (χ0v) is 14.0. The highest BCUT2D eigenvalue weighted by Crippen LogP contribution is 2.16. The summed E-state index contributed by atoms with van der Waals surface area (Å²) in [7, 11) is 0. The minimum Gasteiger partial charge on any atom is -0.272 e. The van der Waals surface area contributed by atoms with Crippen LogP contribution >= 0.6 is 11.8 Å². The van der Waals surface area contributed by atoms with E-state index >= 15 is 0 Å². The predicted octanol–water partition coefficient (Wildman–Crippen LogP) is 1.96. The molecule has 6 nitrogen and oxygen atoms in total. The van der Waals surface area contributed by atoms with Gasteiger partial charge in [0.05, 0.1) is 5.75 Å². The number of aryl methyl sites for hydroxylation is 2. The number of carbonyl (C=O) groups is 2. The van der Waals surface area contributed by atoms with Crippen LogP contribution in [0.1, 0.15) is 27.3 Å². The lowest BCUT2D eigenvalue weighted by molar-refractivity contribution is -0.119. The lowest BCUT2D eigenvalue weighted by Gasteiger charge is -2.08. The molecule has 0 saturated carbocycles. The fourth-order valence-corrected chi connectivity index (χ4v) is 2.50. The summed E-state index contributed by atoms with van der Waals surface area (Å²) in [6, 6.07) is 8.67. The Morgan fingerprint density at radius 1 is 1.00 bits per heavy atom. The van der Waals surface area contributed by atoms with Gasteiger partial charge in [0.1, 0.15) is 0 Å². The third kappa shape index (κ3) is 4.79. The molecule has 0 atom stereocenters. The van der Waals surface area contributed by atoms with E-state index in [1.807, 2.05) is 26.8 Å². The number of hydrogen-bond donors (Lipinski definition) is 2. The molecule has 0 aliphatic heterocycles. The molecule has 1 heterocycles. The number of aromatic nitrogens is 2. The first-order valence-corrected chi connectivity index (χ1v) is 8.05. The van der Waals surface area contributed by atoms with E-state index in [2.05, 4.69) is 20.8 Å². The van der Waals surface area contributed by atoms with Gasteiger partial charge in [0.15, 0.2) is 5.16 Å². The molecular formula is C16H18N4O2S. The molecule has 0 fully saturated rings. The summed E-state index contributed by atoms with van der Waals surface area (Å²) in [6.45, 7) is 5.79. The molecule has 0 aliphatic carbocycles. The molecule has 1 aromatic heterocycles. The van der Waals surface area contributed by atoms with Gasteiger partial charge in [-0.2, -0.15) is 0 Å². The summed E-state index contributed by atoms with van der Waals surface area (Å²) in [6.07, 6.45) is 0. The highest BCUT2D eigenvalue weighted by Gasteiger charge is 2.10. The van der Waals surface area contributed by atoms with Crippen LogP contribution in [0.5, 0.6) is 0 Å². The standard InChI is InChI=1S/C16H18N4O2S/c1-10-11(2)17-16(18-12(10)3)23-9-14(21)19-20-15(22)13-7-5-4-6-8-13/h4-8H,9H2,1-3H3,(H,19,21)(H,20,22). The largest absolute Gasteiger partial charge is 0.272 e. The normalized spacial score (nSPS) is 10.2. The average molecular weight is 330 g/mol. The highest BCUT2D eigenvalue weighted by molar-refractivity contribution is 7.99. The molecule has 0 bridgehead atoms. The summed E-state index contributed by atoms with van der Waals surface area (Å²) >= 11 is 1.23. The Morgan fingerprint density at radius 2 is 1.61 bits per heavy atom. The summed E-state index contributed by atoms with van der Waals surface area (Å²) in [4.78, 5) is 32.2. The third-order valence-electron chi connectivity index (χ3n) is 3.30. The van der Waals surface area contributed by atoms with Crippen LogP contribution in [-0.2, 0) is 4.79 Å². The van der Waals surface area contributed by atoms with Crippen LogP contribution in [0, 0.1) is 20.8 Å². The maximum atomic E-state index is 11.8. The van der Waals surface area contributed by atoms with Crippen LogP contribution in [0.2, 0.25) is 0 Å². The van der Waals surface area contributed by atoms with Crippen LogP contribution < -0.4 is 10.9 Å². The first-order chi connectivity index (χ1) is 11.0. The molecular weight excluding hydrogens is 312 g/mol. The van der Waals surface area contributed by atoms with E-state index in [0.29, 0.717) is 10.7 Å². The Bertz CT molecular complexity index is 696. The van der Waals surface area contributed by atoms with Gasteiger partial charge in [-0.15, -0.1) is 0 Å². The van der Waals surface area contributed by atoms with Crippen molar-refractivity contribution in [3.05, 3.63) is 52.8 Å². The van der Waals surface area contributed by atoms with Crippen LogP contribution in [0.4, 0.5) is 0 Å². The van der Waals surface area contributed by atoms with E-state index in [1.165, 1.54) is 11.8 Å². The first kappa shape index (κ1) is 17.0. The van der Waals surface area contributed by atoms with Crippen molar-refractivity contribution >= 4 is 23.6 Å². The second kappa shape index (κ2) is 7.73. The number of hydrazine groups is 1. The van der Waals surface area contributed by atoms with Crippen LogP contribution in [0.25, 0.3) is 0 Å². The van der Waals surface area contributed by atoms with Gasteiger partial charge in [0, 0.05) is 17.0 Å². The van der Waals surface area contributed by atoms with Crippen molar-refractivity contribution in [2.75, 3.05) is 5.75 Å². The van der Waals surface area contributed by atoms with Crippen molar-refractivity contribution in [1.29, 1.82) is 0 Å². The van der Waals surface area contributed by atoms with Gasteiger partial charge in [0.25, 0.3) is 5.91 Å². The number of amides is 2. The second-order valence-corrected chi connectivity index (χ2v) is 5.90. The zero-order valence-electron chi connectivity index (χ0n) is 13.2. The van der Waals surface area contributed by atoms with Crippen molar-refractivity contribution in [3.63, 3.8) is 0 Å². The predicted molar refractivity (Wildman–Crippen MR) is 89.0 cm³/mol. The maximum Gasteiger partial charge on any atom is 0.269 e. The Morgan fingerprint density at radius 3 is 2.22 bits per heavy atom. The van der Waals surface area contributed by atoms with Crippen LogP contribution in [0.3, 0.4) is 0 Å². The SMILES string of the molecule is Cc1nc(SCC(=O)NNC(=O)c2ccccc2)nc(C)c1C. The van der Waals surface area contributed by atoms with Crippen LogP contribution in [-0.4, -0.2) is 27.5 Å². The number of nitrogens with one attached hydrogen (secondary N) is 2. The van der Waals surface area contributed by atoms with Crippen molar-refractivity contribution in [2.45, 2.75) is 25.9 Å². The maximum absolute atomic E-state index is 11.8. The number of thioether (sulfide) groups is 1. The number of nitrogens with zero attached hydrogens (tertiary/aromatic N) is 2. The number of hydrogen-bond acceptors (Lipinski definition) is 5. The molecule has 2 rings (SSSR count). The molecule has 1 aromatic carbocycles. The summed E-state index contributed by atoms with van der Waals surface area (Å²) in [5.74, 6) is -0.558. The summed E-state index contributed by atoms with van der Waals surface area (Å²) < 4.78 is 0. The lowest BCUT2D eigenvalue weighted by Crippen LogP contribution is -2.42. The van der Waals surface area contributed by atoms with Gasteiger partial charge in [0.2, 0.25) is 5.91 Å². The van der Waals surface area contributed by atoms with Crippen molar-refractivity contribution < 1.29 is 9.59 Å². The van der Waals surface area contributed by atoms with E-state index in [0.717, 1.165) is 17.0 Å². The van der Waals surface area contributed by atoms with Crippen molar-refractivity contribution in [3.8, 4) is 0 Å². The first-order valence-electron chi connectivity index (χ1n) is 7.06. The Kier molecular flexibility index (Phi) is 5.70. The molecule has 23 heavy (non-hydrogen) atoms. The quantitative estimate of drug-likeness (QED) is 0.508. The van der Waals surface area contributed by atoms with Crippen molar-refractivity contribution in [2.24, 2.45) is 0 Å². The van der Waals surface area contributed by atoms with Gasteiger partial charge in [-0.1, -0.05) is 30.0 Å². The smallest absolute Gasteiger partial charge is 0.269 e. The van der Waals surface area contributed by atoms with Gasteiger partial charge in [-0.3, -0.25) is 20.4 Å². The monoisotopic (exact) mass is 330 g/mol. The molecule has 0 radical (unpaired) electrons.